The molecule has 2 aliphatic carbocycles. The predicted molar refractivity (Wildman–Crippen MR) is 113 cm³/mol. The first kappa shape index (κ1) is 19.3. The van der Waals surface area contributed by atoms with Crippen LogP contribution in [0.5, 0.6) is 0 Å². The van der Waals surface area contributed by atoms with Gasteiger partial charge in [0.15, 0.2) is 5.16 Å². The van der Waals surface area contributed by atoms with Crippen LogP contribution in [0.1, 0.15) is 43.5 Å². The van der Waals surface area contributed by atoms with Crippen molar-refractivity contribution in [1.29, 1.82) is 0 Å². The molecule has 158 valence electrons. The molecule has 1 saturated heterocycles. The highest BCUT2D eigenvalue weighted by Crippen LogP contribution is 2.46. The molecule has 0 bridgehead atoms. The Morgan fingerprint density at radius 2 is 1.83 bits per heavy atom. The molecular formula is C20H24N6O3S. The number of aromatic nitrogens is 3. The van der Waals surface area contributed by atoms with E-state index in [-0.39, 0.29) is 16.5 Å². The Kier molecular flexibility index (Phi) is 5.10. The van der Waals surface area contributed by atoms with Crippen molar-refractivity contribution in [3.05, 3.63) is 40.2 Å². The Labute approximate surface area is 178 Å². The second-order valence-electron chi connectivity index (χ2n) is 8.12. The van der Waals surface area contributed by atoms with Gasteiger partial charge in [-0.25, -0.2) is 0 Å². The molecule has 0 spiro atoms. The van der Waals surface area contributed by atoms with E-state index in [9.17, 15) is 14.9 Å². The quantitative estimate of drug-likeness (QED) is 0.380. The molecule has 10 heteroatoms. The number of anilines is 1. The number of benzene rings is 1. The maximum atomic E-state index is 12.8. The molecule has 2 heterocycles. The number of amides is 1. The number of rotatable bonds is 7. The van der Waals surface area contributed by atoms with E-state index in [1.165, 1.54) is 43.5 Å². The van der Waals surface area contributed by atoms with Crippen LogP contribution in [-0.4, -0.2) is 62.4 Å². The monoisotopic (exact) mass is 428 g/mol. The van der Waals surface area contributed by atoms with Crippen LogP contribution in [0.25, 0.3) is 0 Å². The fourth-order valence-electron chi connectivity index (χ4n) is 3.98. The summed E-state index contributed by atoms with van der Waals surface area (Å²) in [5.41, 5.74) is 0.729. The number of carbonyl (C=O) groups excluding carboxylic acids is 1. The van der Waals surface area contributed by atoms with Crippen LogP contribution in [0.2, 0.25) is 0 Å². The summed E-state index contributed by atoms with van der Waals surface area (Å²) in [7, 11) is 0. The largest absolute Gasteiger partial charge is 0.362 e. The highest BCUT2D eigenvalue weighted by Gasteiger charge is 2.36. The second kappa shape index (κ2) is 7.90. The minimum Gasteiger partial charge on any atom is -0.362 e. The van der Waals surface area contributed by atoms with Gasteiger partial charge in [0.25, 0.3) is 5.69 Å². The van der Waals surface area contributed by atoms with Crippen molar-refractivity contribution in [2.45, 2.75) is 42.8 Å². The number of para-hydroxylation sites is 2. The maximum Gasteiger partial charge on any atom is 0.292 e. The summed E-state index contributed by atoms with van der Waals surface area (Å²) < 4.78 is 2.27. The Hall–Kier alpha value is -2.62. The highest BCUT2D eigenvalue weighted by molar-refractivity contribution is 7.99. The van der Waals surface area contributed by atoms with E-state index in [1.807, 2.05) is 15.9 Å². The first-order valence-electron chi connectivity index (χ1n) is 10.5. The molecule has 3 aliphatic rings. The van der Waals surface area contributed by atoms with Crippen LogP contribution < -0.4 is 4.90 Å². The lowest BCUT2D eigenvalue weighted by Gasteiger charge is -2.35. The van der Waals surface area contributed by atoms with E-state index in [4.69, 9.17) is 0 Å². The number of piperazine rings is 1. The predicted octanol–water partition coefficient (Wildman–Crippen LogP) is 2.84. The zero-order valence-corrected chi connectivity index (χ0v) is 17.5. The molecule has 2 saturated carbocycles. The molecule has 1 aliphatic heterocycles. The summed E-state index contributed by atoms with van der Waals surface area (Å²) >= 11 is 1.48. The lowest BCUT2D eigenvalue weighted by atomic mass is 10.2. The van der Waals surface area contributed by atoms with E-state index >= 15 is 0 Å². The first-order chi connectivity index (χ1) is 14.6. The van der Waals surface area contributed by atoms with Crippen molar-refractivity contribution < 1.29 is 9.72 Å². The molecule has 1 amide bonds. The number of hydrogen-bond acceptors (Lipinski definition) is 7. The molecule has 0 N–H and O–H groups in total. The molecule has 3 fully saturated rings. The first-order valence-corrected chi connectivity index (χ1v) is 11.4. The number of thioether (sulfide) groups is 1. The topological polar surface area (TPSA) is 97.4 Å². The minimum atomic E-state index is -0.352. The molecule has 30 heavy (non-hydrogen) atoms. The van der Waals surface area contributed by atoms with Gasteiger partial charge >= 0.3 is 0 Å². The van der Waals surface area contributed by atoms with Crippen molar-refractivity contribution in [3.8, 4) is 0 Å². The van der Waals surface area contributed by atoms with Gasteiger partial charge in [-0.1, -0.05) is 23.9 Å². The third kappa shape index (κ3) is 3.88. The van der Waals surface area contributed by atoms with Crippen molar-refractivity contribution in [1.82, 2.24) is 19.7 Å². The van der Waals surface area contributed by atoms with E-state index < -0.39 is 0 Å². The molecule has 0 radical (unpaired) electrons. The van der Waals surface area contributed by atoms with Gasteiger partial charge in [0, 0.05) is 44.2 Å². The van der Waals surface area contributed by atoms with E-state index in [0.717, 1.165) is 11.0 Å². The van der Waals surface area contributed by atoms with Crippen molar-refractivity contribution >= 4 is 29.0 Å². The SMILES string of the molecule is O=C(CSc1nnc(C2CC2)n1C1CC1)N1CCN(c2ccccc2[N+](=O)[O-])CC1. The summed E-state index contributed by atoms with van der Waals surface area (Å²) in [6.07, 6.45) is 4.73. The summed E-state index contributed by atoms with van der Waals surface area (Å²) in [6, 6.07) is 7.29. The third-order valence-corrected chi connectivity index (χ3v) is 6.85. The third-order valence-electron chi connectivity index (χ3n) is 5.92. The summed E-state index contributed by atoms with van der Waals surface area (Å²) in [4.78, 5) is 27.5. The number of nitro groups is 1. The van der Waals surface area contributed by atoms with Gasteiger partial charge in [0.2, 0.25) is 5.91 Å². The van der Waals surface area contributed by atoms with E-state index in [0.29, 0.717) is 49.6 Å². The standard InChI is InChI=1S/C20H24N6O3S/c27-18(13-30-20-22-21-19(14-5-6-14)25(20)15-7-8-15)24-11-9-23(10-12-24)16-3-1-2-4-17(16)26(28)29/h1-4,14-15H,5-13H2. The molecule has 0 unspecified atom stereocenters. The van der Waals surface area contributed by atoms with E-state index in [1.54, 1.807) is 12.1 Å². The van der Waals surface area contributed by atoms with Crippen LogP contribution in [0.15, 0.2) is 29.4 Å². The Balaban J connectivity index is 1.18. The van der Waals surface area contributed by atoms with Gasteiger partial charge in [-0.05, 0) is 31.7 Å². The van der Waals surface area contributed by atoms with Crippen molar-refractivity contribution in [2.75, 3.05) is 36.8 Å². The van der Waals surface area contributed by atoms with Crippen LogP contribution >= 0.6 is 11.8 Å². The summed E-state index contributed by atoms with van der Waals surface area (Å²) in [6.45, 7) is 2.30. The molecular weight excluding hydrogens is 404 g/mol. The Morgan fingerprint density at radius 3 is 2.50 bits per heavy atom. The zero-order chi connectivity index (χ0) is 20.7. The van der Waals surface area contributed by atoms with Crippen LogP contribution in [0.4, 0.5) is 11.4 Å². The molecule has 1 aromatic heterocycles. The molecule has 2 aromatic rings. The minimum absolute atomic E-state index is 0.0838. The van der Waals surface area contributed by atoms with E-state index in [2.05, 4.69) is 14.8 Å². The Morgan fingerprint density at radius 1 is 1.10 bits per heavy atom. The smallest absolute Gasteiger partial charge is 0.292 e. The number of nitro benzene ring substituents is 1. The molecule has 5 rings (SSSR count). The second-order valence-corrected chi connectivity index (χ2v) is 9.06. The van der Waals surface area contributed by atoms with Crippen LogP contribution in [0.3, 0.4) is 0 Å². The number of nitrogens with zero attached hydrogens (tertiary/aromatic N) is 6. The zero-order valence-electron chi connectivity index (χ0n) is 16.6. The van der Waals surface area contributed by atoms with Gasteiger partial charge in [0.1, 0.15) is 11.5 Å². The van der Waals surface area contributed by atoms with Gasteiger partial charge in [-0.3, -0.25) is 14.9 Å². The van der Waals surface area contributed by atoms with Gasteiger partial charge in [-0.15, -0.1) is 10.2 Å². The number of carbonyl (C=O) groups is 1. The van der Waals surface area contributed by atoms with Gasteiger partial charge in [0.05, 0.1) is 10.7 Å². The molecule has 9 nitrogen and oxygen atoms in total. The lowest BCUT2D eigenvalue weighted by molar-refractivity contribution is -0.384. The average Bonchev–Trinajstić information content (AvgIpc) is 3.71. The van der Waals surface area contributed by atoms with Crippen molar-refractivity contribution in [3.63, 3.8) is 0 Å². The van der Waals surface area contributed by atoms with Crippen LogP contribution in [0, 0.1) is 10.1 Å². The fraction of sp³-hybridized carbons (Fsp3) is 0.550. The maximum absolute atomic E-state index is 12.8. The van der Waals surface area contributed by atoms with Gasteiger partial charge in [-0.2, -0.15) is 0 Å². The number of hydrogen-bond donors (Lipinski definition) is 0. The Bertz CT molecular complexity index is 963. The van der Waals surface area contributed by atoms with Crippen molar-refractivity contribution in [2.24, 2.45) is 0 Å². The molecule has 1 aromatic carbocycles. The summed E-state index contributed by atoms with van der Waals surface area (Å²) in [5, 5.41) is 20.9. The lowest BCUT2D eigenvalue weighted by Crippen LogP contribution is -2.49. The fourth-order valence-corrected chi connectivity index (χ4v) is 4.90. The summed E-state index contributed by atoms with van der Waals surface area (Å²) in [5.74, 6) is 2.09. The normalized spacial score (nSPS) is 19.2. The van der Waals surface area contributed by atoms with Crippen LogP contribution in [-0.2, 0) is 4.79 Å². The van der Waals surface area contributed by atoms with Gasteiger partial charge < -0.3 is 14.4 Å². The average molecular weight is 429 g/mol. The molecule has 0 atom stereocenters. The highest BCUT2D eigenvalue weighted by atomic mass is 32.2.